The van der Waals surface area contributed by atoms with Crippen LogP contribution in [0, 0.1) is 0 Å². The molecule has 0 radical (unpaired) electrons. The normalized spacial score (nSPS) is 7.76. The van der Waals surface area contributed by atoms with Gasteiger partial charge in [0.2, 0.25) is 0 Å². The fourth-order valence-electron chi connectivity index (χ4n) is 1.16. The molecule has 0 saturated heterocycles. The third-order valence-electron chi connectivity index (χ3n) is 1.87. The first-order valence-electron chi connectivity index (χ1n) is 4.53. The van der Waals surface area contributed by atoms with E-state index in [1.807, 2.05) is 18.2 Å². The second-order valence-corrected chi connectivity index (χ2v) is 2.92. The molecule has 1 aromatic carbocycles. The molecule has 1 amide bonds. The van der Waals surface area contributed by atoms with E-state index in [1.165, 1.54) is 0 Å². The Kier molecular flexibility index (Phi) is 18.3. The third kappa shape index (κ3) is 9.64. The van der Waals surface area contributed by atoms with Crippen molar-refractivity contribution in [1.29, 1.82) is 0 Å². The van der Waals surface area contributed by atoms with Crippen molar-refractivity contribution in [2.45, 2.75) is 12.8 Å². The minimum atomic E-state index is 0. The summed E-state index contributed by atoms with van der Waals surface area (Å²) in [6, 6.07) is 9.14. The van der Waals surface area contributed by atoms with Gasteiger partial charge >= 0.3 is 0 Å². The van der Waals surface area contributed by atoms with Crippen LogP contribution in [0.5, 0.6) is 0 Å². The van der Waals surface area contributed by atoms with E-state index < -0.39 is 0 Å². The van der Waals surface area contributed by atoms with E-state index in [0.717, 1.165) is 5.56 Å². The Morgan fingerprint density at radius 3 is 2.24 bits per heavy atom. The monoisotopic (exact) mass is 346 g/mol. The summed E-state index contributed by atoms with van der Waals surface area (Å²) in [7, 11) is 0. The quantitative estimate of drug-likeness (QED) is 0.365. The van der Waals surface area contributed by atoms with Gasteiger partial charge in [0.25, 0.3) is 0 Å². The van der Waals surface area contributed by atoms with Crippen LogP contribution in [-0.2, 0) is 56.9 Å². The minimum absolute atomic E-state index is 0. The number of amides is 1. The first kappa shape index (κ1) is 22.2. The molecule has 1 aromatic rings. The molecule has 0 aromatic heterocycles. The van der Waals surface area contributed by atoms with E-state index >= 15 is 0 Å². The molecule has 6 heteroatoms. The molecular formula is C11H12Cr3NO2-. The standard InChI is InChI=1S/C11H12NO2.3Cr/c13-9-12-8-4-7-11(14)10-5-2-1-3-6-10;;;/h1-3,5-6H,4,7-8H2,(H,12,13);;;/q-1;;;. The molecule has 92 valence electrons. The maximum atomic E-state index is 11.5. The Balaban J connectivity index is -0.000000653. The van der Waals surface area contributed by atoms with Crippen molar-refractivity contribution < 1.29 is 61.7 Å². The van der Waals surface area contributed by atoms with Gasteiger partial charge in [-0.05, 0) is 13.0 Å². The number of carbonyl (C=O) groups excluding carboxylic acids is 2. The van der Waals surface area contributed by atoms with Crippen molar-refractivity contribution in [3.05, 3.63) is 35.9 Å². The largest absolute Gasteiger partial charge is 0.530 e. The Hall–Kier alpha value is -0.0426. The van der Waals surface area contributed by atoms with Gasteiger partial charge in [-0.25, -0.2) is 0 Å². The van der Waals surface area contributed by atoms with Gasteiger partial charge in [0, 0.05) is 64.1 Å². The smallest absolute Gasteiger partial charge is 0.162 e. The van der Waals surface area contributed by atoms with Gasteiger partial charge in [0.05, 0.1) is 0 Å². The van der Waals surface area contributed by atoms with E-state index in [0.29, 0.717) is 19.4 Å². The Labute approximate surface area is 134 Å². The molecule has 17 heavy (non-hydrogen) atoms. The second kappa shape index (κ2) is 14.0. The van der Waals surface area contributed by atoms with E-state index in [4.69, 9.17) is 0 Å². The molecule has 0 fully saturated rings. The zero-order valence-electron chi connectivity index (χ0n) is 9.05. The molecule has 0 atom stereocenters. The fourth-order valence-corrected chi connectivity index (χ4v) is 1.16. The molecule has 0 heterocycles. The van der Waals surface area contributed by atoms with Crippen molar-refractivity contribution in [2.24, 2.45) is 0 Å². The summed E-state index contributed by atoms with van der Waals surface area (Å²) < 4.78 is 0. The SMILES string of the molecule is O=[C-]NCCCC(=O)c1ccccc1.[Cr].[Cr].[Cr]. The van der Waals surface area contributed by atoms with Gasteiger partial charge in [0.15, 0.2) is 5.78 Å². The van der Waals surface area contributed by atoms with E-state index in [2.05, 4.69) is 5.32 Å². The predicted molar refractivity (Wildman–Crippen MR) is 53.7 cm³/mol. The number of ketones is 1. The van der Waals surface area contributed by atoms with Crippen LogP contribution in [0.4, 0.5) is 0 Å². The molecule has 0 aliphatic heterocycles. The molecular weight excluding hydrogens is 334 g/mol. The van der Waals surface area contributed by atoms with Gasteiger partial charge in [0.1, 0.15) is 0 Å². The number of hydrogen-bond acceptors (Lipinski definition) is 2. The molecule has 0 aliphatic carbocycles. The maximum Gasteiger partial charge on any atom is 0.162 e. The summed E-state index contributed by atoms with van der Waals surface area (Å²) in [4.78, 5) is 21.3. The fraction of sp³-hybridized carbons (Fsp3) is 0.273. The minimum Gasteiger partial charge on any atom is -0.530 e. The Bertz CT molecular complexity index is 307. The number of benzene rings is 1. The zero-order valence-corrected chi connectivity index (χ0v) is 12.9. The average Bonchev–Trinajstić information content (AvgIpc) is 2.25. The van der Waals surface area contributed by atoms with E-state index in [1.54, 1.807) is 18.5 Å². The summed E-state index contributed by atoms with van der Waals surface area (Å²) in [5.41, 5.74) is 0.725. The zero-order chi connectivity index (χ0) is 10.2. The Morgan fingerprint density at radius 1 is 1.12 bits per heavy atom. The molecule has 0 unspecified atom stereocenters. The molecule has 0 spiro atoms. The maximum absolute atomic E-state index is 11.5. The van der Waals surface area contributed by atoms with Gasteiger partial charge < -0.3 is 10.1 Å². The molecule has 0 bridgehead atoms. The first-order valence-corrected chi connectivity index (χ1v) is 4.53. The number of carbonyl (C=O) groups is 1. The topological polar surface area (TPSA) is 46.2 Å². The predicted octanol–water partition coefficient (Wildman–Crippen LogP) is 1.30. The van der Waals surface area contributed by atoms with Gasteiger partial charge in [-0.15, -0.1) is 0 Å². The number of hydrogen-bond donors (Lipinski definition) is 1. The van der Waals surface area contributed by atoms with Crippen LogP contribution in [0.25, 0.3) is 0 Å². The van der Waals surface area contributed by atoms with Gasteiger partial charge in [-0.3, -0.25) is 4.79 Å². The second-order valence-electron chi connectivity index (χ2n) is 2.92. The first-order chi connectivity index (χ1) is 6.84. The third-order valence-corrected chi connectivity index (χ3v) is 1.87. The van der Waals surface area contributed by atoms with Crippen molar-refractivity contribution in [1.82, 2.24) is 5.32 Å². The van der Waals surface area contributed by atoms with Crippen LogP contribution in [0.15, 0.2) is 30.3 Å². The number of rotatable bonds is 6. The summed E-state index contributed by atoms with van der Waals surface area (Å²) in [6.07, 6.45) is 2.68. The van der Waals surface area contributed by atoms with Crippen LogP contribution >= 0.6 is 0 Å². The van der Waals surface area contributed by atoms with E-state index in [-0.39, 0.29) is 57.9 Å². The molecule has 1 N–H and O–H groups in total. The number of Topliss-reactive ketones (excluding diaryl/α,β-unsaturated/α-hetero) is 1. The van der Waals surface area contributed by atoms with Crippen molar-refractivity contribution in [2.75, 3.05) is 6.54 Å². The van der Waals surface area contributed by atoms with Crippen LogP contribution in [0.3, 0.4) is 0 Å². The molecule has 0 aliphatic rings. The van der Waals surface area contributed by atoms with Crippen molar-refractivity contribution in [3.63, 3.8) is 0 Å². The Morgan fingerprint density at radius 2 is 1.71 bits per heavy atom. The van der Waals surface area contributed by atoms with Gasteiger partial charge in [-0.2, -0.15) is 6.41 Å². The summed E-state index contributed by atoms with van der Waals surface area (Å²) in [5, 5.41) is 2.40. The van der Waals surface area contributed by atoms with Crippen LogP contribution < -0.4 is 5.32 Å². The average molecular weight is 346 g/mol. The van der Waals surface area contributed by atoms with Crippen LogP contribution in [0.1, 0.15) is 23.2 Å². The molecule has 0 saturated carbocycles. The van der Waals surface area contributed by atoms with Crippen LogP contribution in [0.2, 0.25) is 0 Å². The number of nitrogens with one attached hydrogen (secondary N) is 1. The summed E-state index contributed by atoms with van der Waals surface area (Å²) >= 11 is 0. The van der Waals surface area contributed by atoms with Crippen molar-refractivity contribution >= 4 is 12.2 Å². The molecule has 1 rings (SSSR count). The van der Waals surface area contributed by atoms with E-state index in [9.17, 15) is 9.59 Å². The summed E-state index contributed by atoms with van der Waals surface area (Å²) in [5.74, 6) is 0.110. The molecule has 3 nitrogen and oxygen atoms in total. The summed E-state index contributed by atoms with van der Waals surface area (Å²) in [6.45, 7) is 0.502. The van der Waals surface area contributed by atoms with Crippen molar-refractivity contribution in [3.8, 4) is 0 Å². The van der Waals surface area contributed by atoms with Gasteiger partial charge in [-0.1, -0.05) is 30.3 Å². The van der Waals surface area contributed by atoms with Crippen LogP contribution in [-0.4, -0.2) is 18.7 Å².